The lowest BCUT2D eigenvalue weighted by atomic mass is 10.2. The molecule has 1 heterocycles. The number of benzene rings is 2. The Kier molecular flexibility index (Phi) is 7.69. The fourth-order valence-corrected chi connectivity index (χ4v) is 5.55. The monoisotopic (exact) mass is 436 g/mol. The van der Waals surface area contributed by atoms with Gasteiger partial charge in [-0.1, -0.05) is 36.8 Å². The number of sulfonamides is 1. The maximum Gasteiger partial charge on any atom is 0.254 e. The van der Waals surface area contributed by atoms with Gasteiger partial charge in [0.1, 0.15) is 5.82 Å². The lowest BCUT2D eigenvalue weighted by Crippen LogP contribution is -2.36. The molecule has 0 bridgehead atoms. The highest BCUT2D eigenvalue weighted by atomic mass is 32.2. The second-order valence-electron chi connectivity index (χ2n) is 6.90. The van der Waals surface area contributed by atoms with Crippen molar-refractivity contribution in [2.45, 2.75) is 29.9 Å². The molecule has 0 unspecified atom stereocenters. The number of amides is 1. The second-order valence-corrected chi connectivity index (χ2v) is 9.94. The smallest absolute Gasteiger partial charge is 0.254 e. The van der Waals surface area contributed by atoms with E-state index in [0.717, 1.165) is 37.1 Å². The van der Waals surface area contributed by atoms with Crippen molar-refractivity contribution in [3.05, 3.63) is 65.5 Å². The van der Waals surface area contributed by atoms with Crippen molar-refractivity contribution in [2.75, 3.05) is 25.4 Å². The Morgan fingerprint density at radius 1 is 1.07 bits per heavy atom. The Hall–Kier alpha value is -1.90. The van der Waals surface area contributed by atoms with Crippen molar-refractivity contribution in [3.63, 3.8) is 0 Å². The normalized spacial score (nSPS) is 15.2. The van der Waals surface area contributed by atoms with Gasteiger partial charge in [0.2, 0.25) is 10.0 Å². The predicted octanol–water partition coefficient (Wildman–Crippen LogP) is 3.66. The van der Waals surface area contributed by atoms with E-state index >= 15 is 0 Å². The van der Waals surface area contributed by atoms with Crippen molar-refractivity contribution in [1.82, 2.24) is 9.62 Å². The number of nitrogens with zero attached hydrogens (tertiary/aromatic N) is 1. The highest BCUT2D eigenvalue weighted by molar-refractivity contribution is 7.98. The Bertz CT molecular complexity index is 930. The van der Waals surface area contributed by atoms with Crippen LogP contribution in [0, 0.1) is 5.82 Å². The van der Waals surface area contributed by atoms with Crippen LogP contribution < -0.4 is 5.32 Å². The molecule has 29 heavy (non-hydrogen) atoms. The van der Waals surface area contributed by atoms with Gasteiger partial charge in [0.15, 0.2) is 0 Å². The summed E-state index contributed by atoms with van der Waals surface area (Å²) in [7, 11) is -3.71. The van der Waals surface area contributed by atoms with E-state index in [1.807, 2.05) is 30.3 Å². The predicted molar refractivity (Wildman–Crippen MR) is 114 cm³/mol. The molecule has 1 fully saturated rings. The van der Waals surface area contributed by atoms with Crippen molar-refractivity contribution < 1.29 is 17.6 Å². The summed E-state index contributed by atoms with van der Waals surface area (Å²) in [5, 5.41) is 2.68. The van der Waals surface area contributed by atoms with Gasteiger partial charge in [0.05, 0.1) is 10.5 Å². The molecule has 1 N–H and O–H groups in total. The summed E-state index contributed by atoms with van der Waals surface area (Å²) >= 11 is 1.66. The molecule has 1 amide bonds. The lowest BCUT2D eigenvalue weighted by molar-refractivity contribution is 0.0952. The average molecular weight is 437 g/mol. The number of carbonyl (C=O) groups excluding carboxylic acids is 1. The van der Waals surface area contributed by atoms with Crippen LogP contribution in [0.25, 0.3) is 0 Å². The Labute approximate surface area is 175 Å². The maximum atomic E-state index is 14.2. The van der Waals surface area contributed by atoms with E-state index in [2.05, 4.69) is 5.32 Å². The van der Waals surface area contributed by atoms with Gasteiger partial charge >= 0.3 is 0 Å². The first-order valence-electron chi connectivity index (χ1n) is 9.68. The van der Waals surface area contributed by atoms with E-state index in [9.17, 15) is 17.6 Å². The molecule has 1 aliphatic heterocycles. The van der Waals surface area contributed by atoms with Gasteiger partial charge in [-0.25, -0.2) is 12.8 Å². The molecule has 1 aliphatic rings. The maximum absolute atomic E-state index is 14.2. The number of piperidine rings is 1. The quantitative estimate of drug-likeness (QED) is 0.642. The summed E-state index contributed by atoms with van der Waals surface area (Å²) in [6.45, 7) is 1.29. The first-order valence-corrected chi connectivity index (χ1v) is 12.3. The molecule has 5 nitrogen and oxygen atoms in total. The molecule has 156 valence electrons. The standard InChI is InChI=1S/C21H25FN2O3S2/c22-20-10-9-18(29(26,27)24-12-5-2-6-13-24)15-19(20)21(25)23-11-14-28-16-17-7-3-1-4-8-17/h1,3-4,7-10,15H,2,5-6,11-14,16H2,(H,23,25). The first kappa shape index (κ1) is 21.8. The number of carbonyl (C=O) groups is 1. The number of thioether (sulfide) groups is 1. The summed E-state index contributed by atoms with van der Waals surface area (Å²) in [5.41, 5.74) is 0.960. The van der Waals surface area contributed by atoms with E-state index in [1.54, 1.807) is 11.8 Å². The fourth-order valence-electron chi connectivity index (χ4n) is 3.19. The number of hydrogen-bond donors (Lipinski definition) is 1. The SMILES string of the molecule is O=C(NCCSCc1ccccc1)c1cc(S(=O)(=O)N2CCCCC2)ccc1F. The fraction of sp³-hybridized carbons (Fsp3) is 0.381. The molecular formula is C21H25FN2O3S2. The molecule has 3 rings (SSSR count). The number of halogens is 1. The van der Waals surface area contributed by atoms with Crippen molar-refractivity contribution in [2.24, 2.45) is 0 Å². The van der Waals surface area contributed by atoms with Crippen LogP contribution in [0.5, 0.6) is 0 Å². The minimum atomic E-state index is -3.71. The van der Waals surface area contributed by atoms with Crippen LogP contribution >= 0.6 is 11.8 Å². The van der Waals surface area contributed by atoms with Crippen molar-refractivity contribution in [3.8, 4) is 0 Å². The summed E-state index contributed by atoms with van der Waals surface area (Å²) in [5.74, 6) is 0.179. The van der Waals surface area contributed by atoms with Gasteiger partial charge in [-0.15, -0.1) is 0 Å². The zero-order valence-corrected chi connectivity index (χ0v) is 17.8. The minimum Gasteiger partial charge on any atom is -0.351 e. The van der Waals surface area contributed by atoms with E-state index in [1.165, 1.54) is 15.9 Å². The van der Waals surface area contributed by atoms with Crippen LogP contribution in [0.2, 0.25) is 0 Å². The molecule has 2 aromatic carbocycles. The summed E-state index contributed by atoms with van der Waals surface area (Å²) in [6.07, 6.45) is 2.63. The van der Waals surface area contributed by atoms with Crippen molar-refractivity contribution in [1.29, 1.82) is 0 Å². The van der Waals surface area contributed by atoms with E-state index in [-0.39, 0.29) is 10.5 Å². The Morgan fingerprint density at radius 2 is 1.79 bits per heavy atom. The highest BCUT2D eigenvalue weighted by Crippen LogP contribution is 2.22. The van der Waals surface area contributed by atoms with Crippen LogP contribution in [0.4, 0.5) is 4.39 Å². The number of hydrogen-bond acceptors (Lipinski definition) is 4. The molecule has 2 aromatic rings. The van der Waals surface area contributed by atoms with E-state index in [4.69, 9.17) is 0 Å². The van der Waals surface area contributed by atoms with Gasteiger partial charge in [-0.05, 0) is 36.6 Å². The van der Waals surface area contributed by atoms with E-state index < -0.39 is 21.7 Å². The minimum absolute atomic E-state index is 0.0376. The molecule has 0 atom stereocenters. The third kappa shape index (κ3) is 5.81. The zero-order chi connectivity index (χ0) is 20.7. The number of nitrogens with one attached hydrogen (secondary N) is 1. The van der Waals surface area contributed by atoms with Crippen LogP contribution in [0.3, 0.4) is 0 Å². The summed E-state index contributed by atoms with van der Waals surface area (Å²) < 4.78 is 41.1. The third-order valence-corrected chi connectivity index (χ3v) is 7.70. The van der Waals surface area contributed by atoms with Crippen LogP contribution in [-0.4, -0.2) is 44.0 Å². The van der Waals surface area contributed by atoms with Crippen molar-refractivity contribution >= 4 is 27.7 Å². The lowest BCUT2D eigenvalue weighted by Gasteiger charge is -2.26. The van der Waals surface area contributed by atoms with Gasteiger partial charge < -0.3 is 5.32 Å². The molecule has 1 saturated heterocycles. The number of rotatable bonds is 8. The summed E-state index contributed by atoms with van der Waals surface area (Å²) in [4.78, 5) is 12.3. The average Bonchev–Trinajstić information content (AvgIpc) is 2.75. The van der Waals surface area contributed by atoms with Crippen LogP contribution in [-0.2, 0) is 15.8 Å². The molecule has 0 radical (unpaired) electrons. The molecule has 0 spiro atoms. The Balaban J connectivity index is 1.58. The second kappa shape index (κ2) is 10.2. The molecule has 0 aliphatic carbocycles. The van der Waals surface area contributed by atoms with Gasteiger partial charge in [-0.2, -0.15) is 16.1 Å². The summed E-state index contributed by atoms with van der Waals surface area (Å²) in [6, 6.07) is 13.4. The van der Waals surface area contributed by atoms with Crippen LogP contribution in [0.1, 0.15) is 35.2 Å². The molecular weight excluding hydrogens is 411 g/mol. The molecule has 0 saturated carbocycles. The largest absolute Gasteiger partial charge is 0.351 e. The molecule has 0 aromatic heterocycles. The van der Waals surface area contributed by atoms with Gasteiger partial charge in [-0.3, -0.25) is 4.79 Å². The third-order valence-electron chi connectivity index (χ3n) is 4.78. The van der Waals surface area contributed by atoms with Crippen LogP contribution in [0.15, 0.2) is 53.4 Å². The van der Waals surface area contributed by atoms with Gasteiger partial charge in [0, 0.05) is 31.1 Å². The highest BCUT2D eigenvalue weighted by Gasteiger charge is 2.27. The van der Waals surface area contributed by atoms with E-state index in [0.29, 0.717) is 25.4 Å². The molecule has 8 heteroatoms. The van der Waals surface area contributed by atoms with Gasteiger partial charge in [0.25, 0.3) is 5.91 Å². The topological polar surface area (TPSA) is 66.5 Å². The first-order chi connectivity index (χ1) is 14.0. The Morgan fingerprint density at radius 3 is 2.52 bits per heavy atom. The zero-order valence-electron chi connectivity index (χ0n) is 16.1.